The maximum atomic E-state index is 11.6. The maximum absolute atomic E-state index is 11.6. The second-order valence-electron chi connectivity index (χ2n) is 4.52. The fourth-order valence-corrected chi connectivity index (χ4v) is 2.19. The number of ketones is 1. The Morgan fingerprint density at radius 1 is 1.22 bits per heavy atom. The molecule has 1 unspecified atom stereocenters. The Labute approximate surface area is 108 Å². The van der Waals surface area contributed by atoms with Crippen LogP contribution in [-0.4, -0.2) is 18.0 Å². The molecule has 3 nitrogen and oxygen atoms in total. The number of carbonyl (C=O) groups is 1. The van der Waals surface area contributed by atoms with Gasteiger partial charge in [-0.05, 0) is 26.0 Å². The Balaban J connectivity index is 2.35. The smallest absolute Gasteiger partial charge is 0.164 e. The first-order valence-corrected chi connectivity index (χ1v) is 6.39. The number of rotatable bonds is 4. The lowest BCUT2D eigenvalue weighted by atomic mass is 10.1. The molecule has 1 aliphatic rings. The van der Waals surface area contributed by atoms with Crippen LogP contribution in [0.5, 0.6) is 0 Å². The van der Waals surface area contributed by atoms with Crippen LogP contribution in [-0.2, 0) is 0 Å². The van der Waals surface area contributed by atoms with Gasteiger partial charge >= 0.3 is 0 Å². The van der Waals surface area contributed by atoms with E-state index in [9.17, 15) is 4.79 Å². The van der Waals surface area contributed by atoms with E-state index in [2.05, 4.69) is 18.2 Å². The molecule has 1 atom stereocenters. The van der Waals surface area contributed by atoms with Crippen molar-refractivity contribution in [2.45, 2.75) is 27.2 Å². The van der Waals surface area contributed by atoms with Crippen LogP contribution >= 0.6 is 0 Å². The van der Waals surface area contributed by atoms with Crippen LogP contribution < -0.4 is 4.59 Å². The minimum atomic E-state index is 0.182. The lowest BCUT2D eigenvalue weighted by Gasteiger charge is -2.23. The predicted octanol–water partition coefficient (Wildman–Crippen LogP) is 3.51. The van der Waals surface area contributed by atoms with Crippen molar-refractivity contribution in [3.63, 3.8) is 0 Å². The first-order chi connectivity index (χ1) is 8.61. The van der Waals surface area contributed by atoms with Crippen molar-refractivity contribution in [2.75, 3.05) is 6.54 Å². The first kappa shape index (κ1) is 12.7. The van der Waals surface area contributed by atoms with E-state index in [1.807, 2.05) is 44.2 Å². The molecule has 0 aromatic heterocycles. The van der Waals surface area contributed by atoms with Gasteiger partial charge in [-0.3, -0.25) is 4.79 Å². The van der Waals surface area contributed by atoms with E-state index < -0.39 is 0 Å². The third kappa shape index (κ3) is 2.14. The Morgan fingerprint density at radius 3 is 2.33 bits per heavy atom. The number of hydrogen-bond donors (Lipinski definition) is 0. The Bertz CT molecular complexity index is 514. The van der Waals surface area contributed by atoms with Crippen LogP contribution in [0.3, 0.4) is 0 Å². The lowest BCUT2D eigenvalue weighted by molar-refractivity contribution is 0.0988. The zero-order valence-electron chi connectivity index (χ0n) is 11.2. The molecular formula is C15H19N2O+. The summed E-state index contributed by atoms with van der Waals surface area (Å²) in [5.74, 6) is 0.182. The van der Waals surface area contributed by atoms with Crippen LogP contribution in [0.15, 0.2) is 41.6 Å². The molecule has 1 aliphatic heterocycles. The largest absolute Gasteiger partial charge is 0.294 e. The Morgan fingerprint density at radius 2 is 1.89 bits per heavy atom. The molecule has 18 heavy (non-hydrogen) atoms. The highest BCUT2D eigenvalue weighted by molar-refractivity contribution is 5.97. The van der Waals surface area contributed by atoms with Crippen LogP contribution in [0, 0.1) is 0 Å². The fourth-order valence-electron chi connectivity index (χ4n) is 2.19. The van der Waals surface area contributed by atoms with Gasteiger partial charge in [-0.15, -0.1) is 4.59 Å². The summed E-state index contributed by atoms with van der Waals surface area (Å²) >= 11 is 0. The van der Waals surface area contributed by atoms with E-state index in [-0.39, 0.29) is 5.78 Å². The number of nitrogens with zero attached hydrogens (tertiary/aromatic N) is 2. The minimum Gasteiger partial charge on any atom is -0.294 e. The number of benzene rings is 1. The van der Waals surface area contributed by atoms with E-state index in [0.717, 1.165) is 23.5 Å². The molecule has 1 aromatic rings. The number of quaternary nitrogens is 1. The third-order valence-electron chi connectivity index (χ3n) is 3.34. The van der Waals surface area contributed by atoms with Crippen molar-refractivity contribution in [3.05, 3.63) is 42.1 Å². The highest BCUT2D eigenvalue weighted by atomic mass is 16.1. The average molecular weight is 243 g/mol. The first-order valence-electron chi connectivity index (χ1n) is 6.39. The molecule has 0 fully saturated rings. The van der Waals surface area contributed by atoms with Gasteiger partial charge in [-0.25, -0.2) is 0 Å². The van der Waals surface area contributed by atoms with Gasteiger partial charge in [-0.1, -0.05) is 12.0 Å². The van der Waals surface area contributed by atoms with Crippen molar-refractivity contribution in [3.8, 4) is 0 Å². The summed E-state index contributed by atoms with van der Waals surface area (Å²) in [4.78, 5) is 11.6. The molecule has 1 aromatic carbocycles. The minimum absolute atomic E-state index is 0.182. The van der Waals surface area contributed by atoms with Gasteiger partial charge in [0.05, 0.1) is 5.71 Å². The zero-order valence-corrected chi connectivity index (χ0v) is 11.2. The fraction of sp³-hybridized carbons (Fsp3) is 0.333. The van der Waals surface area contributed by atoms with E-state index in [4.69, 9.17) is 0 Å². The van der Waals surface area contributed by atoms with E-state index >= 15 is 0 Å². The molecule has 1 heterocycles. The molecule has 2 rings (SSSR count). The zero-order chi connectivity index (χ0) is 13.2. The van der Waals surface area contributed by atoms with Gasteiger partial charge in [0.25, 0.3) is 0 Å². The van der Waals surface area contributed by atoms with Gasteiger partial charge in [-0.2, -0.15) is 0 Å². The molecule has 0 saturated heterocycles. The van der Waals surface area contributed by atoms with E-state index in [1.165, 1.54) is 0 Å². The summed E-state index contributed by atoms with van der Waals surface area (Å²) < 4.78 is 0.492. The number of hydrogen-bond acceptors (Lipinski definition) is 2. The van der Waals surface area contributed by atoms with Gasteiger partial charge in [0.15, 0.2) is 11.5 Å². The Kier molecular flexibility index (Phi) is 3.43. The van der Waals surface area contributed by atoms with E-state index in [1.54, 1.807) is 0 Å². The van der Waals surface area contributed by atoms with Crippen molar-refractivity contribution < 1.29 is 4.79 Å². The number of allylic oxidation sites excluding steroid dienone is 1. The van der Waals surface area contributed by atoms with Gasteiger partial charge in [0, 0.05) is 30.2 Å². The van der Waals surface area contributed by atoms with Gasteiger partial charge in [0.2, 0.25) is 0 Å². The van der Waals surface area contributed by atoms with Crippen molar-refractivity contribution >= 4 is 17.2 Å². The predicted molar refractivity (Wildman–Crippen MR) is 75.6 cm³/mol. The topological polar surface area (TPSA) is 29.4 Å². The molecule has 0 N–H and O–H groups in total. The normalized spacial score (nSPS) is 22.1. The summed E-state index contributed by atoms with van der Waals surface area (Å²) in [6, 6.07) is 7.79. The SMILES string of the molecule is CCC(=O)c1ccc([N+]2(CC)C=CC(C)=N2)cc1. The van der Waals surface area contributed by atoms with Crippen molar-refractivity contribution in [1.29, 1.82) is 0 Å². The standard InChI is InChI=1S/C15H19N2O/c1-4-15(18)13-6-8-14(9-7-13)17(5-2)11-10-12(3)16-17/h6-11H,4-5H2,1-3H3/q+1. The third-order valence-corrected chi connectivity index (χ3v) is 3.34. The quantitative estimate of drug-likeness (QED) is 0.587. The summed E-state index contributed by atoms with van der Waals surface area (Å²) in [5.41, 5.74) is 2.91. The molecule has 0 radical (unpaired) electrons. The second kappa shape index (κ2) is 4.86. The van der Waals surface area contributed by atoms with E-state index in [0.29, 0.717) is 11.0 Å². The molecule has 0 bridgehead atoms. The monoisotopic (exact) mass is 243 g/mol. The highest BCUT2D eigenvalue weighted by Crippen LogP contribution is 2.28. The maximum Gasteiger partial charge on any atom is 0.164 e. The van der Waals surface area contributed by atoms with Crippen LogP contribution in [0.1, 0.15) is 37.6 Å². The summed E-state index contributed by atoms with van der Waals surface area (Å²) in [6.45, 7) is 6.86. The van der Waals surface area contributed by atoms with Gasteiger partial charge in [0.1, 0.15) is 12.7 Å². The molecule has 0 amide bonds. The number of Topliss-reactive ketones (excluding diaryl/α,β-unsaturated/α-hetero) is 1. The molecule has 0 saturated carbocycles. The highest BCUT2D eigenvalue weighted by Gasteiger charge is 2.30. The second-order valence-corrected chi connectivity index (χ2v) is 4.52. The summed E-state index contributed by atoms with van der Waals surface area (Å²) in [5, 5.41) is 4.66. The molecular weight excluding hydrogens is 224 g/mol. The summed E-state index contributed by atoms with van der Waals surface area (Å²) in [7, 11) is 0. The molecule has 3 heteroatoms. The lowest BCUT2D eigenvalue weighted by Crippen LogP contribution is -2.36. The molecule has 94 valence electrons. The number of carbonyl (C=O) groups excluding carboxylic acids is 1. The average Bonchev–Trinajstić information content (AvgIpc) is 2.81. The summed E-state index contributed by atoms with van der Waals surface area (Å²) in [6.07, 6.45) is 4.67. The van der Waals surface area contributed by atoms with Crippen LogP contribution in [0.25, 0.3) is 0 Å². The Hall–Kier alpha value is -1.74. The van der Waals surface area contributed by atoms with Crippen LogP contribution in [0.4, 0.5) is 5.69 Å². The van der Waals surface area contributed by atoms with Crippen molar-refractivity contribution in [2.24, 2.45) is 5.10 Å². The van der Waals surface area contributed by atoms with Gasteiger partial charge < -0.3 is 0 Å². The molecule has 0 spiro atoms. The molecule has 0 aliphatic carbocycles. The van der Waals surface area contributed by atoms with Crippen molar-refractivity contribution in [1.82, 2.24) is 4.59 Å². The van der Waals surface area contributed by atoms with Crippen LogP contribution in [0.2, 0.25) is 0 Å².